The minimum Gasteiger partial charge on any atom is -0.367 e. The summed E-state index contributed by atoms with van der Waals surface area (Å²) in [6.45, 7) is 7.31. The van der Waals surface area contributed by atoms with Gasteiger partial charge in [-0.25, -0.2) is 0 Å². The third kappa shape index (κ3) is 4.60. The van der Waals surface area contributed by atoms with Crippen LogP contribution in [0, 0.1) is 0 Å². The maximum absolute atomic E-state index is 5.28. The van der Waals surface area contributed by atoms with Crippen LogP contribution < -0.4 is 0 Å². The van der Waals surface area contributed by atoms with E-state index < -0.39 is 0 Å². The normalized spacial score (nSPS) is 16.2. The van der Waals surface area contributed by atoms with Gasteiger partial charge in [-0.2, -0.15) is 0 Å². The predicted octanol–water partition coefficient (Wildman–Crippen LogP) is 2.07. The Hall–Kier alpha value is -0.120. The Bertz CT molecular complexity index is 109. The van der Waals surface area contributed by atoms with Crippen molar-refractivity contribution in [3.05, 3.63) is 0 Å². The number of rotatable bonds is 7. The zero-order valence-corrected chi connectivity index (χ0v) is 9.54. The molecule has 3 nitrogen and oxygen atoms in total. The summed E-state index contributed by atoms with van der Waals surface area (Å²) in [4.78, 5) is 2.21. The lowest BCUT2D eigenvalue weighted by atomic mass is 10.3. The molecule has 0 aliphatic heterocycles. The first-order valence-corrected chi connectivity index (χ1v) is 4.98. The largest absolute Gasteiger partial charge is 0.367 e. The summed E-state index contributed by atoms with van der Waals surface area (Å²) in [5.41, 5.74) is 0. The van der Waals surface area contributed by atoms with Crippen molar-refractivity contribution in [2.45, 2.75) is 46.1 Å². The first-order valence-electron chi connectivity index (χ1n) is 4.98. The van der Waals surface area contributed by atoms with Crippen LogP contribution in [0.5, 0.6) is 0 Å². The Labute approximate surface area is 82.0 Å². The van der Waals surface area contributed by atoms with E-state index in [1.54, 1.807) is 14.2 Å². The Morgan fingerprint density at radius 2 is 1.54 bits per heavy atom. The Morgan fingerprint density at radius 1 is 1.08 bits per heavy atom. The Morgan fingerprint density at radius 3 is 1.85 bits per heavy atom. The van der Waals surface area contributed by atoms with E-state index in [-0.39, 0.29) is 12.5 Å². The highest BCUT2D eigenvalue weighted by molar-refractivity contribution is 4.60. The van der Waals surface area contributed by atoms with Gasteiger partial charge in [0.25, 0.3) is 0 Å². The zero-order valence-electron chi connectivity index (χ0n) is 9.54. The molecule has 0 aliphatic rings. The lowest BCUT2D eigenvalue weighted by Crippen LogP contribution is -2.42. The van der Waals surface area contributed by atoms with Gasteiger partial charge in [-0.15, -0.1) is 0 Å². The van der Waals surface area contributed by atoms with Crippen LogP contribution in [-0.4, -0.2) is 38.1 Å². The average Bonchev–Trinajstić information content (AvgIpc) is 2.17. The molecular weight excluding hydrogens is 166 g/mol. The van der Waals surface area contributed by atoms with Crippen LogP contribution >= 0.6 is 0 Å². The van der Waals surface area contributed by atoms with Crippen molar-refractivity contribution in [1.82, 2.24) is 4.90 Å². The Balaban J connectivity index is 4.01. The molecule has 0 aromatic heterocycles. The molecule has 0 rings (SSSR count). The fourth-order valence-corrected chi connectivity index (χ4v) is 1.27. The van der Waals surface area contributed by atoms with E-state index in [9.17, 15) is 0 Å². The highest BCUT2D eigenvalue weighted by atomic mass is 16.5. The SMILES string of the molecule is CCCCN(C(C)OC)C(C)OC. The molecule has 0 spiro atoms. The van der Waals surface area contributed by atoms with Crippen LogP contribution in [0.3, 0.4) is 0 Å². The van der Waals surface area contributed by atoms with Crippen molar-refractivity contribution < 1.29 is 9.47 Å². The van der Waals surface area contributed by atoms with E-state index in [4.69, 9.17) is 9.47 Å². The number of hydrogen-bond donors (Lipinski definition) is 0. The lowest BCUT2D eigenvalue weighted by Gasteiger charge is -2.32. The number of nitrogens with zero attached hydrogens (tertiary/aromatic N) is 1. The highest BCUT2D eigenvalue weighted by Crippen LogP contribution is 2.08. The molecule has 2 atom stereocenters. The molecule has 80 valence electrons. The van der Waals surface area contributed by atoms with Crippen molar-refractivity contribution in [3.63, 3.8) is 0 Å². The van der Waals surface area contributed by atoms with Gasteiger partial charge in [-0.1, -0.05) is 13.3 Å². The van der Waals surface area contributed by atoms with Crippen LogP contribution in [-0.2, 0) is 9.47 Å². The van der Waals surface area contributed by atoms with E-state index >= 15 is 0 Å². The van der Waals surface area contributed by atoms with Crippen molar-refractivity contribution in [2.24, 2.45) is 0 Å². The van der Waals surface area contributed by atoms with Gasteiger partial charge in [0, 0.05) is 20.8 Å². The van der Waals surface area contributed by atoms with E-state index in [1.165, 1.54) is 12.8 Å². The second-order valence-corrected chi connectivity index (χ2v) is 3.26. The van der Waals surface area contributed by atoms with E-state index in [0.29, 0.717) is 0 Å². The van der Waals surface area contributed by atoms with Crippen molar-refractivity contribution >= 4 is 0 Å². The maximum atomic E-state index is 5.28. The second kappa shape index (κ2) is 7.30. The predicted molar refractivity (Wildman–Crippen MR) is 54.6 cm³/mol. The standard InChI is InChI=1S/C10H23NO2/c1-6-7-8-11(9(2)12-4)10(3)13-5/h9-10H,6-8H2,1-5H3. The summed E-state index contributed by atoms with van der Waals surface area (Å²) in [5, 5.41) is 0. The molecular formula is C10H23NO2. The van der Waals surface area contributed by atoms with Crippen LogP contribution in [0.4, 0.5) is 0 Å². The molecule has 0 aromatic rings. The summed E-state index contributed by atoms with van der Waals surface area (Å²) in [6, 6.07) is 0. The molecule has 0 fully saturated rings. The Kier molecular flexibility index (Phi) is 7.23. The minimum absolute atomic E-state index is 0.126. The molecule has 2 unspecified atom stereocenters. The first-order chi connectivity index (χ1) is 6.17. The molecule has 0 bridgehead atoms. The monoisotopic (exact) mass is 189 g/mol. The van der Waals surface area contributed by atoms with Crippen molar-refractivity contribution in [1.29, 1.82) is 0 Å². The van der Waals surface area contributed by atoms with E-state index in [2.05, 4.69) is 11.8 Å². The van der Waals surface area contributed by atoms with Gasteiger partial charge >= 0.3 is 0 Å². The van der Waals surface area contributed by atoms with Gasteiger partial charge < -0.3 is 9.47 Å². The quantitative estimate of drug-likeness (QED) is 0.572. The van der Waals surface area contributed by atoms with Gasteiger partial charge in [-0.05, 0) is 20.3 Å². The summed E-state index contributed by atoms with van der Waals surface area (Å²) >= 11 is 0. The number of unbranched alkanes of at least 4 members (excludes halogenated alkanes) is 1. The summed E-state index contributed by atoms with van der Waals surface area (Å²) in [7, 11) is 3.46. The van der Waals surface area contributed by atoms with Gasteiger partial charge in [0.1, 0.15) is 12.5 Å². The van der Waals surface area contributed by atoms with Gasteiger partial charge in [0.05, 0.1) is 0 Å². The molecule has 0 heterocycles. The summed E-state index contributed by atoms with van der Waals surface area (Å²) < 4.78 is 10.6. The van der Waals surface area contributed by atoms with E-state index in [0.717, 1.165) is 6.54 Å². The topological polar surface area (TPSA) is 21.7 Å². The molecule has 0 aliphatic carbocycles. The van der Waals surface area contributed by atoms with Crippen molar-refractivity contribution in [3.8, 4) is 0 Å². The molecule has 13 heavy (non-hydrogen) atoms. The van der Waals surface area contributed by atoms with Crippen LogP contribution in [0.25, 0.3) is 0 Å². The zero-order chi connectivity index (χ0) is 10.3. The van der Waals surface area contributed by atoms with Crippen LogP contribution in [0.2, 0.25) is 0 Å². The fourth-order valence-electron chi connectivity index (χ4n) is 1.27. The van der Waals surface area contributed by atoms with Crippen LogP contribution in [0.1, 0.15) is 33.6 Å². The molecule has 0 amide bonds. The van der Waals surface area contributed by atoms with Gasteiger partial charge in [-0.3, -0.25) is 4.90 Å². The molecule has 3 heteroatoms. The van der Waals surface area contributed by atoms with E-state index in [1.807, 2.05) is 13.8 Å². The highest BCUT2D eigenvalue weighted by Gasteiger charge is 2.18. The van der Waals surface area contributed by atoms with Gasteiger partial charge in [0.2, 0.25) is 0 Å². The summed E-state index contributed by atoms with van der Waals surface area (Å²) in [5.74, 6) is 0. The second-order valence-electron chi connectivity index (χ2n) is 3.26. The van der Waals surface area contributed by atoms with Crippen molar-refractivity contribution in [2.75, 3.05) is 20.8 Å². The molecule has 0 radical (unpaired) electrons. The molecule has 0 N–H and O–H groups in total. The lowest BCUT2D eigenvalue weighted by molar-refractivity contribution is -0.117. The third-order valence-electron chi connectivity index (χ3n) is 2.39. The smallest absolute Gasteiger partial charge is 0.109 e. The fraction of sp³-hybridized carbons (Fsp3) is 1.00. The maximum Gasteiger partial charge on any atom is 0.109 e. The molecule has 0 saturated heterocycles. The molecule has 0 aromatic carbocycles. The number of hydrogen-bond acceptors (Lipinski definition) is 3. The minimum atomic E-state index is 0.126. The number of ether oxygens (including phenoxy) is 2. The summed E-state index contributed by atoms with van der Waals surface area (Å²) in [6.07, 6.45) is 2.63. The number of methoxy groups -OCH3 is 2. The van der Waals surface area contributed by atoms with Gasteiger partial charge in [0.15, 0.2) is 0 Å². The molecule has 0 saturated carbocycles. The third-order valence-corrected chi connectivity index (χ3v) is 2.39. The average molecular weight is 189 g/mol. The first kappa shape index (κ1) is 12.9. The van der Waals surface area contributed by atoms with Crippen LogP contribution in [0.15, 0.2) is 0 Å².